The van der Waals surface area contributed by atoms with Gasteiger partial charge in [0.05, 0.1) is 10.5 Å². The summed E-state index contributed by atoms with van der Waals surface area (Å²) in [6, 6.07) is 5.60. The van der Waals surface area contributed by atoms with Crippen molar-refractivity contribution < 1.29 is 22.8 Å². The first-order valence-electron chi connectivity index (χ1n) is 13.2. The lowest BCUT2D eigenvalue weighted by atomic mass is 10.0. The number of sulfonamides is 1. The van der Waals surface area contributed by atoms with Crippen LogP contribution in [0.2, 0.25) is 0 Å². The van der Waals surface area contributed by atoms with Gasteiger partial charge in [-0.05, 0) is 62.9 Å². The van der Waals surface area contributed by atoms with E-state index >= 15 is 0 Å². The van der Waals surface area contributed by atoms with Crippen molar-refractivity contribution in [1.82, 2.24) is 19.4 Å². The second-order valence-electron chi connectivity index (χ2n) is 10.1. The minimum atomic E-state index is -3.67. The average Bonchev–Trinajstić information content (AvgIpc) is 3.25. The predicted octanol–water partition coefficient (Wildman–Crippen LogP) is 3.99. The van der Waals surface area contributed by atoms with Crippen molar-refractivity contribution in [2.24, 2.45) is 0 Å². The van der Waals surface area contributed by atoms with E-state index in [1.165, 1.54) is 44.8 Å². The largest absolute Gasteiger partial charge is 0.331 e. The van der Waals surface area contributed by atoms with Crippen LogP contribution in [-0.4, -0.2) is 80.1 Å². The molecule has 2 aromatic rings. The molecule has 0 atom stereocenters. The number of urea groups is 1. The molecule has 2 heterocycles. The first-order chi connectivity index (χ1) is 18.4. The van der Waals surface area contributed by atoms with Crippen molar-refractivity contribution in [3.05, 3.63) is 45.8 Å². The van der Waals surface area contributed by atoms with Gasteiger partial charge in [-0.2, -0.15) is 4.31 Å². The van der Waals surface area contributed by atoms with Crippen LogP contribution in [0.15, 0.2) is 29.2 Å². The Balaban J connectivity index is 1.89. The van der Waals surface area contributed by atoms with Crippen LogP contribution < -0.4 is 10.6 Å². The van der Waals surface area contributed by atoms with Crippen molar-refractivity contribution in [2.75, 3.05) is 39.0 Å². The van der Waals surface area contributed by atoms with E-state index in [9.17, 15) is 22.8 Å². The average molecular weight is 578 g/mol. The van der Waals surface area contributed by atoms with Gasteiger partial charge >= 0.3 is 6.03 Å². The summed E-state index contributed by atoms with van der Waals surface area (Å²) in [6.45, 7) is 10.3. The van der Waals surface area contributed by atoms with E-state index in [1.54, 1.807) is 14.1 Å². The molecule has 12 heteroatoms. The first-order valence-corrected chi connectivity index (χ1v) is 15.5. The Morgan fingerprint density at radius 2 is 1.64 bits per heavy atom. The zero-order valence-corrected chi connectivity index (χ0v) is 25.2. The van der Waals surface area contributed by atoms with Crippen molar-refractivity contribution in [3.63, 3.8) is 0 Å². The summed E-state index contributed by atoms with van der Waals surface area (Å²) in [5.74, 6) is -1.03. The lowest BCUT2D eigenvalue weighted by Crippen LogP contribution is -2.40. The maximum atomic E-state index is 13.2. The number of carbonyl (C=O) groups is 3. The van der Waals surface area contributed by atoms with Crippen LogP contribution in [-0.2, 0) is 23.0 Å². The number of carbonyl (C=O) groups excluding carboxylic acids is 3. The Morgan fingerprint density at radius 3 is 2.18 bits per heavy atom. The lowest BCUT2D eigenvalue weighted by Gasteiger charge is -2.30. The van der Waals surface area contributed by atoms with Gasteiger partial charge in [0.15, 0.2) is 0 Å². The molecule has 0 fully saturated rings. The van der Waals surface area contributed by atoms with E-state index in [0.717, 1.165) is 17.0 Å². The van der Waals surface area contributed by atoms with Crippen molar-refractivity contribution in [3.8, 4) is 0 Å². The van der Waals surface area contributed by atoms with Crippen LogP contribution in [0.3, 0.4) is 0 Å². The highest BCUT2D eigenvalue weighted by atomic mass is 32.2. The third kappa shape index (κ3) is 7.05. The number of hydrogen-bond donors (Lipinski definition) is 2. The molecule has 0 aliphatic carbocycles. The summed E-state index contributed by atoms with van der Waals surface area (Å²) in [5, 5.41) is 5.61. The molecule has 0 unspecified atom stereocenters. The predicted molar refractivity (Wildman–Crippen MR) is 154 cm³/mol. The molecule has 1 aromatic carbocycles. The molecule has 1 aliphatic heterocycles. The fourth-order valence-electron chi connectivity index (χ4n) is 4.42. The van der Waals surface area contributed by atoms with Crippen LogP contribution in [0.1, 0.15) is 71.7 Å². The van der Waals surface area contributed by atoms with Crippen LogP contribution in [0.4, 0.5) is 9.80 Å². The van der Waals surface area contributed by atoms with Gasteiger partial charge in [0.1, 0.15) is 5.00 Å². The first kappa shape index (κ1) is 30.7. The molecule has 214 valence electrons. The summed E-state index contributed by atoms with van der Waals surface area (Å²) >= 11 is 1.33. The van der Waals surface area contributed by atoms with E-state index in [-0.39, 0.29) is 10.5 Å². The SMILES string of the molecule is CCCN(CCC)S(=O)(=O)c1ccc(C(=O)Nc2sc3c(c2C(=O)NC(=O)N(C)C)CCN(C(C)C)C3)cc1. The molecule has 39 heavy (non-hydrogen) atoms. The summed E-state index contributed by atoms with van der Waals surface area (Å²) in [4.78, 5) is 43.3. The van der Waals surface area contributed by atoms with Crippen molar-refractivity contribution in [1.29, 1.82) is 0 Å². The number of imide groups is 1. The Hall–Kier alpha value is -2.80. The number of hydrogen-bond acceptors (Lipinski definition) is 7. The van der Waals surface area contributed by atoms with E-state index in [4.69, 9.17) is 0 Å². The number of nitrogens with zero attached hydrogens (tertiary/aromatic N) is 3. The van der Waals surface area contributed by atoms with Gasteiger partial charge in [-0.15, -0.1) is 11.3 Å². The second-order valence-corrected chi connectivity index (χ2v) is 13.1. The highest BCUT2D eigenvalue weighted by molar-refractivity contribution is 7.89. The number of thiophene rings is 1. The zero-order chi connectivity index (χ0) is 28.9. The molecule has 0 spiro atoms. The van der Waals surface area contributed by atoms with Gasteiger partial charge in [-0.1, -0.05) is 13.8 Å². The number of rotatable bonds is 10. The third-order valence-corrected chi connectivity index (χ3v) is 9.64. The van der Waals surface area contributed by atoms with Crippen LogP contribution in [0, 0.1) is 0 Å². The fourth-order valence-corrected chi connectivity index (χ4v) is 7.31. The molecule has 3 rings (SSSR count). The molecule has 0 bridgehead atoms. The number of amides is 4. The lowest BCUT2D eigenvalue weighted by molar-refractivity contribution is 0.0956. The number of nitrogens with one attached hydrogen (secondary N) is 2. The second kappa shape index (κ2) is 13.0. The van der Waals surface area contributed by atoms with Crippen LogP contribution in [0.25, 0.3) is 0 Å². The number of benzene rings is 1. The van der Waals surface area contributed by atoms with Gasteiger partial charge in [0.25, 0.3) is 11.8 Å². The van der Waals surface area contributed by atoms with E-state index in [0.29, 0.717) is 55.5 Å². The van der Waals surface area contributed by atoms with Gasteiger partial charge in [0, 0.05) is 56.8 Å². The summed E-state index contributed by atoms with van der Waals surface area (Å²) < 4.78 is 27.6. The van der Waals surface area contributed by atoms with E-state index in [2.05, 4.69) is 29.4 Å². The van der Waals surface area contributed by atoms with Gasteiger partial charge in [0.2, 0.25) is 10.0 Å². The quantitative estimate of drug-likeness (QED) is 0.441. The van der Waals surface area contributed by atoms with Gasteiger partial charge in [-0.3, -0.25) is 19.8 Å². The molecule has 1 aromatic heterocycles. The molecule has 0 saturated heterocycles. The number of fused-ring (bicyclic) bond motifs is 1. The minimum absolute atomic E-state index is 0.128. The number of anilines is 1. The Bertz CT molecular complexity index is 1300. The van der Waals surface area contributed by atoms with Crippen molar-refractivity contribution in [2.45, 2.75) is 64.4 Å². The summed E-state index contributed by atoms with van der Waals surface area (Å²) in [6.07, 6.45) is 2.03. The topological polar surface area (TPSA) is 119 Å². The highest BCUT2D eigenvalue weighted by Crippen LogP contribution is 2.38. The fraction of sp³-hybridized carbons (Fsp3) is 0.519. The minimum Gasteiger partial charge on any atom is -0.331 e. The van der Waals surface area contributed by atoms with E-state index < -0.39 is 27.9 Å². The summed E-state index contributed by atoms with van der Waals surface area (Å²) in [7, 11) is -0.579. The smallest absolute Gasteiger partial charge is 0.323 e. The Labute approximate surface area is 235 Å². The summed E-state index contributed by atoms with van der Waals surface area (Å²) in [5.41, 5.74) is 1.40. The molecular formula is C27H39N5O5S2. The highest BCUT2D eigenvalue weighted by Gasteiger charge is 2.31. The normalized spacial score (nSPS) is 13.8. The standard InChI is InChI=1S/C27H39N5O5S2/c1-7-14-32(15-8-2)39(36,37)20-11-9-19(10-12-20)24(33)28-26-23(25(34)29-27(35)30(5)6)21-13-16-31(18(3)4)17-22(21)38-26/h9-12,18H,7-8,13-17H2,1-6H3,(H,28,33)(H,29,34,35). The Kier molecular flexibility index (Phi) is 10.3. The maximum Gasteiger partial charge on any atom is 0.323 e. The maximum absolute atomic E-state index is 13.2. The van der Waals surface area contributed by atoms with Gasteiger partial charge < -0.3 is 10.2 Å². The molecule has 2 N–H and O–H groups in total. The molecule has 0 radical (unpaired) electrons. The molecular weight excluding hydrogens is 538 g/mol. The molecule has 10 nitrogen and oxygen atoms in total. The van der Waals surface area contributed by atoms with Crippen molar-refractivity contribution >= 4 is 44.2 Å². The van der Waals surface area contributed by atoms with Gasteiger partial charge in [-0.25, -0.2) is 13.2 Å². The Morgan fingerprint density at radius 1 is 1.03 bits per heavy atom. The monoisotopic (exact) mass is 577 g/mol. The zero-order valence-electron chi connectivity index (χ0n) is 23.5. The third-order valence-electron chi connectivity index (χ3n) is 6.60. The molecule has 4 amide bonds. The van der Waals surface area contributed by atoms with E-state index in [1.807, 2.05) is 13.8 Å². The molecule has 1 aliphatic rings. The van der Waals surface area contributed by atoms with Crippen LogP contribution >= 0.6 is 11.3 Å². The molecule has 0 saturated carbocycles. The van der Waals surface area contributed by atoms with Crippen LogP contribution in [0.5, 0.6) is 0 Å².